The number of hydrogen-bond donors (Lipinski definition) is 0. The van der Waals surface area contributed by atoms with Crippen LogP contribution in [0.4, 0.5) is 0 Å². The van der Waals surface area contributed by atoms with Crippen LogP contribution in [0.2, 0.25) is 0 Å². The second-order valence-corrected chi connectivity index (χ2v) is 25.6. The molecule has 2 heterocycles. The third kappa shape index (κ3) is 7.52. The van der Waals surface area contributed by atoms with Crippen LogP contribution in [0.5, 0.6) is 0 Å². The molecule has 2 nitrogen and oxygen atoms in total. The van der Waals surface area contributed by atoms with Crippen molar-refractivity contribution in [3.8, 4) is 101 Å². The van der Waals surface area contributed by atoms with E-state index in [1.54, 1.807) is 0 Å². The van der Waals surface area contributed by atoms with Crippen molar-refractivity contribution in [2.24, 2.45) is 0 Å². The lowest BCUT2D eigenvalue weighted by molar-refractivity contribution is 0.563. The Morgan fingerprint density at radius 2 is 0.511 bits per heavy atom. The third-order valence-corrected chi connectivity index (χ3v) is 21.0. The standard InChI is InChI=1S/C88H60N2/c1-5-21-57(22-6-1)81-45-46-82(58-23-7-2-8-24-58)89(81)67-39-43-73-75(51-67)85(61-37-41-71-69-33-17-19-35-77(69)87(79(71)49-61)53-63-29-13-14-30-64(63)54-87)74-44-40-68(90-83(59-25-9-3-10-26-59)47-48-84(90)60-27-11-4-12-28-60)52-76(74)86(73)62-38-42-72-70-34-18-20-36-78(70)88(80(72)50-62)55-65-31-15-16-32-66(65)56-88/h1-52H,53-56H2. The van der Waals surface area contributed by atoms with E-state index in [-0.39, 0.29) is 10.8 Å². The normalized spacial score (nSPS) is 14.2. The van der Waals surface area contributed by atoms with E-state index < -0.39 is 0 Å². The first-order valence-corrected chi connectivity index (χ1v) is 31.9. The van der Waals surface area contributed by atoms with E-state index in [0.29, 0.717) is 0 Å². The van der Waals surface area contributed by atoms with Gasteiger partial charge in [-0.15, -0.1) is 0 Å². The van der Waals surface area contributed by atoms with E-state index >= 15 is 0 Å². The summed E-state index contributed by atoms with van der Waals surface area (Å²) in [6, 6.07) is 120. The Labute approximate surface area is 524 Å². The summed E-state index contributed by atoms with van der Waals surface area (Å²) in [5.41, 5.74) is 33.0. The van der Waals surface area contributed by atoms with Gasteiger partial charge in [-0.25, -0.2) is 0 Å². The molecular weight excluding hydrogens is 1080 g/mol. The molecule has 13 aromatic carbocycles. The molecule has 0 radical (unpaired) electrons. The van der Waals surface area contributed by atoms with E-state index in [2.05, 4.69) is 325 Å². The fourth-order valence-corrected chi connectivity index (χ4v) is 17.1. The summed E-state index contributed by atoms with van der Waals surface area (Å²) in [6.07, 6.45) is 3.90. The van der Waals surface area contributed by atoms with Gasteiger partial charge in [-0.1, -0.05) is 255 Å². The second kappa shape index (κ2) is 19.7. The van der Waals surface area contributed by atoms with Crippen LogP contribution in [0.25, 0.3) is 122 Å². The van der Waals surface area contributed by atoms with Crippen molar-refractivity contribution in [2.75, 3.05) is 0 Å². The van der Waals surface area contributed by atoms with E-state index in [1.165, 1.54) is 133 Å². The summed E-state index contributed by atoms with van der Waals surface area (Å²) in [4.78, 5) is 0. The molecule has 0 amide bonds. The zero-order chi connectivity index (χ0) is 59.1. The van der Waals surface area contributed by atoms with Crippen molar-refractivity contribution in [1.82, 2.24) is 9.13 Å². The number of nitrogens with zero attached hydrogens (tertiary/aromatic N) is 2. The van der Waals surface area contributed by atoms with Gasteiger partial charge in [0.2, 0.25) is 0 Å². The molecule has 4 aliphatic rings. The highest BCUT2D eigenvalue weighted by Crippen LogP contribution is 2.59. The highest BCUT2D eigenvalue weighted by molar-refractivity contribution is 6.22. The van der Waals surface area contributed by atoms with Crippen LogP contribution in [0, 0.1) is 0 Å². The third-order valence-electron chi connectivity index (χ3n) is 21.0. The van der Waals surface area contributed by atoms with E-state index in [0.717, 1.165) is 59.8 Å². The number of hydrogen-bond acceptors (Lipinski definition) is 0. The highest BCUT2D eigenvalue weighted by atomic mass is 15.0. The molecule has 0 bridgehead atoms. The highest BCUT2D eigenvalue weighted by Gasteiger charge is 2.49. The summed E-state index contributed by atoms with van der Waals surface area (Å²) < 4.78 is 5.00. The van der Waals surface area contributed by atoms with E-state index in [1.807, 2.05) is 0 Å². The molecule has 90 heavy (non-hydrogen) atoms. The van der Waals surface area contributed by atoms with E-state index in [4.69, 9.17) is 0 Å². The van der Waals surface area contributed by atoms with Gasteiger partial charge in [-0.05, 0) is 219 Å². The van der Waals surface area contributed by atoms with Crippen LogP contribution in [0.15, 0.2) is 315 Å². The van der Waals surface area contributed by atoms with Gasteiger partial charge in [-0.2, -0.15) is 0 Å². The Hall–Kier alpha value is -11.1. The lowest BCUT2D eigenvalue weighted by atomic mass is 9.74. The fourth-order valence-electron chi connectivity index (χ4n) is 17.1. The molecule has 2 aromatic heterocycles. The number of rotatable bonds is 8. The summed E-state index contributed by atoms with van der Waals surface area (Å²) in [5.74, 6) is 0. The van der Waals surface area contributed by atoms with Crippen LogP contribution in [-0.2, 0) is 36.5 Å². The second-order valence-electron chi connectivity index (χ2n) is 25.6. The smallest absolute Gasteiger partial charge is 0.0535 e. The van der Waals surface area contributed by atoms with Crippen LogP contribution in [-0.4, -0.2) is 9.13 Å². The molecule has 422 valence electrons. The van der Waals surface area contributed by atoms with Crippen molar-refractivity contribution in [2.45, 2.75) is 36.5 Å². The van der Waals surface area contributed by atoms with Crippen molar-refractivity contribution < 1.29 is 0 Å². The zero-order valence-electron chi connectivity index (χ0n) is 49.7. The summed E-state index contributed by atoms with van der Waals surface area (Å²) in [6.45, 7) is 0. The molecule has 19 rings (SSSR count). The molecule has 2 heteroatoms. The van der Waals surface area contributed by atoms with Crippen LogP contribution in [0.1, 0.15) is 44.5 Å². The molecule has 4 aliphatic carbocycles. The van der Waals surface area contributed by atoms with E-state index in [9.17, 15) is 0 Å². The molecular formula is C88H60N2. The van der Waals surface area contributed by atoms with Gasteiger partial charge in [0.15, 0.2) is 0 Å². The Balaban J connectivity index is 0.935. The van der Waals surface area contributed by atoms with Gasteiger partial charge in [0.1, 0.15) is 0 Å². The molecule has 0 N–H and O–H groups in total. The van der Waals surface area contributed by atoms with Crippen molar-refractivity contribution in [1.29, 1.82) is 0 Å². The Bertz CT molecular complexity index is 4910. The van der Waals surface area contributed by atoms with Gasteiger partial charge in [0, 0.05) is 22.2 Å². The minimum absolute atomic E-state index is 0.191. The molecule has 0 atom stereocenters. The van der Waals surface area contributed by atoms with Crippen molar-refractivity contribution in [3.05, 3.63) is 360 Å². The minimum Gasteiger partial charge on any atom is -0.309 e. The van der Waals surface area contributed by atoms with Gasteiger partial charge in [0.05, 0.1) is 22.8 Å². The molecule has 0 saturated carbocycles. The summed E-state index contributed by atoms with van der Waals surface area (Å²) in [5, 5.41) is 4.88. The largest absolute Gasteiger partial charge is 0.309 e. The average molecular weight is 1150 g/mol. The monoisotopic (exact) mass is 1140 g/mol. The predicted octanol–water partition coefficient (Wildman–Crippen LogP) is 21.7. The van der Waals surface area contributed by atoms with Gasteiger partial charge in [-0.3, -0.25) is 0 Å². The SMILES string of the molecule is c1ccc(-c2ccc(-c3ccccc3)n2-c2ccc3c(-c4ccc5c(c4)C4(Cc6ccccc6C4)c4ccccc4-5)c4cc(-n5c(-c6ccccc6)ccc5-c5ccccc5)ccc4c(-c4ccc5c(c4)C4(Cc6ccccc6C4)c4ccccc4-5)c3c2)cc1. The molecule has 0 saturated heterocycles. The first kappa shape index (κ1) is 51.0. The molecule has 0 fully saturated rings. The molecule has 0 unspecified atom stereocenters. The molecule has 0 aliphatic heterocycles. The number of fused-ring (bicyclic) bond motifs is 14. The fraction of sp³-hybridized carbons (Fsp3) is 0.0682. The quantitative estimate of drug-likeness (QED) is 0.134. The lowest BCUT2D eigenvalue weighted by Crippen LogP contribution is -2.25. The predicted molar refractivity (Wildman–Crippen MR) is 373 cm³/mol. The van der Waals surface area contributed by atoms with Crippen molar-refractivity contribution >= 4 is 21.5 Å². The first-order chi connectivity index (χ1) is 44.6. The molecule has 15 aromatic rings. The average Bonchev–Trinajstić information content (AvgIpc) is 1.53. The lowest BCUT2D eigenvalue weighted by Gasteiger charge is -2.28. The van der Waals surface area contributed by atoms with Crippen LogP contribution < -0.4 is 0 Å². The van der Waals surface area contributed by atoms with Gasteiger partial charge < -0.3 is 9.13 Å². The summed E-state index contributed by atoms with van der Waals surface area (Å²) in [7, 11) is 0. The van der Waals surface area contributed by atoms with Crippen LogP contribution in [0.3, 0.4) is 0 Å². The Kier molecular flexibility index (Phi) is 11.2. The Morgan fingerprint density at radius 3 is 0.856 bits per heavy atom. The van der Waals surface area contributed by atoms with Crippen LogP contribution >= 0.6 is 0 Å². The molecule has 2 spiro atoms. The maximum absolute atomic E-state index is 2.62. The maximum Gasteiger partial charge on any atom is 0.0535 e. The number of aromatic nitrogens is 2. The van der Waals surface area contributed by atoms with Gasteiger partial charge in [0.25, 0.3) is 0 Å². The first-order valence-electron chi connectivity index (χ1n) is 31.9. The Morgan fingerprint density at radius 1 is 0.211 bits per heavy atom. The zero-order valence-corrected chi connectivity index (χ0v) is 49.7. The minimum atomic E-state index is -0.191. The summed E-state index contributed by atoms with van der Waals surface area (Å²) >= 11 is 0. The van der Waals surface area contributed by atoms with Crippen molar-refractivity contribution in [3.63, 3.8) is 0 Å². The van der Waals surface area contributed by atoms with Gasteiger partial charge >= 0.3 is 0 Å². The maximum atomic E-state index is 2.62. The number of benzene rings is 13. The topological polar surface area (TPSA) is 9.86 Å².